The SMILES string of the molecule is CN(C)CCNC(=O)c1ccc(NC(=O)CCCn2cc(CCNC(=O)[C@@H](N)Cc3ccc(O)c([125I])c3)nn2)cn1. The van der Waals surface area contributed by atoms with Crippen molar-refractivity contribution in [3.05, 3.63) is 63.2 Å². The number of nitrogens with zero attached hydrogens (tertiary/aromatic N) is 5. The van der Waals surface area contributed by atoms with Gasteiger partial charge in [-0.1, -0.05) is 11.3 Å². The third kappa shape index (κ3) is 11.0. The van der Waals surface area contributed by atoms with E-state index in [4.69, 9.17) is 5.73 Å². The number of aromatic nitrogens is 4. The minimum Gasteiger partial charge on any atom is -0.507 e. The number of hydrogen-bond donors (Lipinski definition) is 5. The number of benzene rings is 1. The van der Waals surface area contributed by atoms with Crippen LogP contribution in [0.25, 0.3) is 0 Å². The number of hydrogen-bond acceptors (Lipinski definition) is 9. The van der Waals surface area contributed by atoms with E-state index in [1.54, 1.807) is 41.2 Å². The number of halogens is 1. The van der Waals surface area contributed by atoms with E-state index in [2.05, 4.69) is 31.2 Å². The van der Waals surface area contributed by atoms with Gasteiger partial charge < -0.3 is 31.7 Å². The summed E-state index contributed by atoms with van der Waals surface area (Å²) in [5.41, 5.74) is 8.42. The maximum atomic E-state index is 12.3. The largest absolute Gasteiger partial charge is 0.507 e. The van der Waals surface area contributed by atoms with Crippen molar-refractivity contribution < 1.29 is 19.5 Å². The molecule has 0 saturated carbocycles. The number of aromatic hydroxyl groups is 1. The summed E-state index contributed by atoms with van der Waals surface area (Å²) in [7, 11) is 3.85. The van der Waals surface area contributed by atoms with Crippen LogP contribution in [0, 0.1) is 3.57 Å². The normalized spacial score (nSPS) is 11.7. The Bertz CT molecular complexity index is 1310. The molecule has 2 aromatic heterocycles. The number of pyridine rings is 1. The smallest absolute Gasteiger partial charge is 0.269 e. The van der Waals surface area contributed by atoms with Gasteiger partial charge in [0.2, 0.25) is 11.8 Å². The van der Waals surface area contributed by atoms with Crippen LogP contribution >= 0.6 is 22.6 Å². The van der Waals surface area contributed by atoms with E-state index < -0.39 is 6.04 Å². The molecule has 0 aliphatic rings. The predicted molar refractivity (Wildman–Crippen MR) is 162 cm³/mol. The molecule has 41 heavy (non-hydrogen) atoms. The van der Waals surface area contributed by atoms with Crippen LogP contribution in [0.2, 0.25) is 0 Å². The van der Waals surface area contributed by atoms with Crippen molar-refractivity contribution in [2.45, 2.75) is 38.3 Å². The van der Waals surface area contributed by atoms with Gasteiger partial charge in [0.05, 0.1) is 27.2 Å². The highest BCUT2D eigenvalue weighted by Gasteiger charge is 2.15. The molecule has 3 rings (SSSR count). The Morgan fingerprint density at radius 2 is 1.95 bits per heavy atom. The van der Waals surface area contributed by atoms with Gasteiger partial charge in [0.15, 0.2) is 0 Å². The van der Waals surface area contributed by atoms with Crippen LogP contribution in [-0.2, 0) is 29.0 Å². The van der Waals surface area contributed by atoms with Gasteiger partial charge in [-0.05, 0) is 79.4 Å². The number of phenolic OH excluding ortho intramolecular Hbond substituents is 1. The third-order valence-electron chi connectivity index (χ3n) is 5.99. The van der Waals surface area contributed by atoms with Crippen LogP contribution < -0.4 is 21.7 Å². The van der Waals surface area contributed by atoms with E-state index in [9.17, 15) is 19.5 Å². The maximum Gasteiger partial charge on any atom is 0.269 e. The zero-order chi connectivity index (χ0) is 29.8. The van der Waals surface area contributed by atoms with Crippen molar-refractivity contribution >= 4 is 46.0 Å². The summed E-state index contributed by atoms with van der Waals surface area (Å²) in [6.07, 6.45) is 4.93. The second-order valence-electron chi connectivity index (χ2n) is 9.75. The number of anilines is 1. The molecule has 1 atom stereocenters. The number of carbonyl (C=O) groups is 3. The van der Waals surface area contributed by atoms with Crippen molar-refractivity contribution in [2.75, 3.05) is 39.0 Å². The summed E-state index contributed by atoms with van der Waals surface area (Å²) >= 11 is 2.03. The fourth-order valence-corrected chi connectivity index (χ4v) is 4.32. The van der Waals surface area contributed by atoms with Gasteiger partial charge in [-0.25, -0.2) is 4.98 Å². The summed E-state index contributed by atoms with van der Waals surface area (Å²) in [6, 6.07) is 7.65. The highest BCUT2D eigenvalue weighted by molar-refractivity contribution is 14.1. The Balaban J connectivity index is 1.32. The van der Waals surface area contributed by atoms with Gasteiger partial charge in [0.25, 0.3) is 5.91 Å². The second-order valence-corrected chi connectivity index (χ2v) is 10.9. The first-order valence-corrected chi connectivity index (χ1v) is 14.3. The highest BCUT2D eigenvalue weighted by Crippen LogP contribution is 2.20. The molecule has 0 bridgehead atoms. The predicted octanol–water partition coefficient (Wildman–Crippen LogP) is 0.922. The van der Waals surface area contributed by atoms with Crippen molar-refractivity contribution in [2.24, 2.45) is 5.73 Å². The first-order valence-electron chi connectivity index (χ1n) is 13.2. The van der Waals surface area contributed by atoms with Gasteiger partial charge in [0.1, 0.15) is 11.4 Å². The molecule has 1 aromatic carbocycles. The van der Waals surface area contributed by atoms with Gasteiger partial charge in [-0.15, -0.1) is 5.10 Å². The lowest BCUT2D eigenvalue weighted by Crippen LogP contribution is -2.42. The summed E-state index contributed by atoms with van der Waals surface area (Å²) in [6.45, 7) is 2.12. The Kier molecular flexibility index (Phi) is 12.4. The van der Waals surface area contributed by atoms with Crippen LogP contribution in [0.4, 0.5) is 5.69 Å². The minimum absolute atomic E-state index is 0.170. The lowest BCUT2D eigenvalue weighted by atomic mass is 10.1. The fourth-order valence-electron chi connectivity index (χ4n) is 3.74. The van der Waals surface area contributed by atoms with Crippen LogP contribution in [0.3, 0.4) is 0 Å². The monoisotopic (exact) mass is 675 g/mol. The number of aryl methyl sites for hydroxylation is 1. The number of rotatable bonds is 15. The standard InChI is InChI=1S/C27H36IN9O4/c1-36(2)13-11-31-27(41)23-7-6-19(16-32-23)33-25(39)4-3-12-37-17-20(34-35-37)9-10-30-26(40)22(29)15-18-5-8-24(38)21(28)14-18/h5-8,14,16-17,22,38H,3-4,9-13,15,29H2,1-2H3,(H,30,40)(H,31,41)(H,33,39)/t22-/m0/s1/i28-2. The minimum atomic E-state index is -0.705. The van der Waals surface area contributed by atoms with E-state index in [1.165, 1.54) is 6.20 Å². The summed E-state index contributed by atoms with van der Waals surface area (Å²) in [5, 5.41) is 26.2. The Morgan fingerprint density at radius 1 is 1.15 bits per heavy atom. The molecule has 3 aromatic rings. The van der Waals surface area contributed by atoms with E-state index in [0.717, 1.165) is 12.1 Å². The molecule has 6 N–H and O–H groups in total. The topological polar surface area (TPSA) is 180 Å². The number of amides is 3. The van der Waals surface area contributed by atoms with Crippen molar-refractivity contribution in [1.29, 1.82) is 0 Å². The molecule has 0 saturated heterocycles. The summed E-state index contributed by atoms with van der Waals surface area (Å²) in [5.74, 6) is -0.499. The number of nitrogens with two attached hydrogens (primary N) is 1. The van der Waals surface area contributed by atoms with E-state index in [-0.39, 0.29) is 35.6 Å². The molecular weight excluding hydrogens is 639 g/mol. The molecule has 0 unspecified atom stereocenters. The fraction of sp³-hybridized carbons (Fsp3) is 0.407. The first-order chi connectivity index (χ1) is 19.6. The number of carbonyl (C=O) groups excluding carboxylic acids is 3. The van der Waals surface area contributed by atoms with Gasteiger partial charge in [-0.3, -0.25) is 19.1 Å². The number of nitrogens with one attached hydrogen (secondary N) is 3. The van der Waals surface area contributed by atoms with Gasteiger partial charge in [-0.2, -0.15) is 0 Å². The Morgan fingerprint density at radius 3 is 2.66 bits per heavy atom. The Hall–Kier alpha value is -3.63. The third-order valence-corrected chi connectivity index (χ3v) is 6.85. The molecule has 3 amide bonds. The molecule has 14 heteroatoms. The zero-order valence-electron chi connectivity index (χ0n) is 23.1. The quantitative estimate of drug-likeness (QED) is 0.147. The summed E-state index contributed by atoms with van der Waals surface area (Å²) < 4.78 is 2.37. The van der Waals surface area contributed by atoms with Crippen LogP contribution in [0.15, 0.2) is 42.7 Å². The van der Waals surface area contributed by atoms with E-state index in [1.807, 2.05) is 41.6 Å². The maximum absolute atomic E-state index is 12.3. The van der Waals surface area contributed by atoms with E-state index >= 15 is 0 Å². The zero-order valence-corrected chi connectivity index (χ0v) is 25.3. The van der Waals surface area contributed by atoms with Crippen molar-refractivity contribution in [3.63, 3.8) is 0 Å². The van der Waals surface area contributed by atoms with Crippen LogP contribution in [0.5, 0.6) is 5.75 Å². The first kappa shape index (κ1) is 31.9. The number of likely N-dealkylation sites (N-methyl/N-ethyl adjacent to an activating group) is 1. The average molecular weight is 676 g/mol. The molecule has 13 nitrogen and oxygen atoms in total. The molecule has 0 aliphatic carbocycles. The molecular formula is C27H36IN9O4. The molecule has 0 radical (unpaired) electrons. The van der Waals surface area contributed by atoms with Crippen molar-refractivity contribution in [3.8, 4) is 5.75 Å². The lowest BCUT2D eigenvalue weighted by molar-refractivity contribution is -0.122. The second kappa shape index (κ2) is 16.0. The average Bonchev–Trinajstić information content (AvgIpc) is 3.38. The van der Waals surface area contributed by atoms with Crippen LogP contribution in [0.1, 0.15) is 34.6 Å². The summed E-state index contributed by atoms with van der Waals surface area (Å²) in [4.78, 5) is 42.9. The lowest BCUT2D eigenvalue weighted by Gasteiger charge is -2.12. The van der Waals surface area contributed by atoms with Gasteiger partial charge in [0, 0.05) is 45.2 Å². The van der Waals surface area contributed by atoms with E-state index in [0.29, 0.717) is 53.8 Å². The van der Waals surface area contributed by atoms with Crippen molar-refractivity contribution in [1.82, 2.24) is 35.5 Å². The molecule has 220 valence electrons. The molecule has 0 spiro atoms. The highest BCUT2D eigenvalue weighted by atomic mass is 125. The molecule has 2 heterocycles. The van der Waals surface area contributed by atoms with Crippen LogP contribution in [-0.4, -0.2) is 87.5 Å². The number of phenols is 1. The molecule has 0 fully saturated rings. The molecule has 0 aliphatic heterocycles. The Labute approximate surface area is 252 Å². The van der Waals surface area contributed by atoms with Gasteiger partial charge >= 0.3 is 0 Å².